The Morgan fingerprint density at radius 2 is 1.97 bits per heavy atom. The molecular weight excluding hydrogens is 369 g/mol. The molecule has 0 saturated heterocycles. The summed E-state index contributed by atoms with van der Waals surface area (Å²) in [6.45, 7) is 3.96. The van der Waals surface area contributed by atoms with E-state index in [4.69, 9.17) is 4.74 Å². The number of benzene rings is 2. The monoisotopic (exact) mass is 395 g/mol. The maximum atomic E-state index is 13.0. The van der Waals surface area contributed by atoms with Crippen LogP contribution in [0.4, 0.5) is 4.39 Å². The Balaban J connectivity index is 1.46. The van der Waals surface area contributed by atoms with Crippen LogP contribution in [0.1, 0.15) is 18.1 Å². The fraction of sp³-hybridized carbons (Fsp3) is 0.273. The van der Waals surface area contributed by atoms with E-state index in [0.717, 1.165) is 6.54 Å². The highest BCUT2D eigenvalue weighted by Crippen LogP contribution is 2.12. The van der Waals surface area contributed by atoms with Gasteiger partial charge in [0.25, 0.3) is 0 Å². The summed E-state index contributed by atoms with van der Waals surface area (Å²) in [6.07, 6.45) is 5.44. The minimum absolute atomic E-state index is 0.0995. The molecule has 1 heterocycles. The molecule has 29 heavy (non-hydrogen) atoms. The molecule has 0 amide bonds. The van der Waals surface area contributed by atoms with Crippen molar-refractivity contribution in [3.05, 3.63) is 84.2 Å². The summed E-state index contributed by atoms with van der Waals surface area (Å²) in [5, 5.41) is 6.56. The summed E-state index contributed by atoms with van der Waals surface area (Å²) in [6, 6.07) is 14.4. The number of rotatable bonds is 8. The second-order valence-corrected chi connectivity index (χ2v) is 6.74. The maximum absolute atomic E-state index is 13.0. The van der Waals surface area contributed by atoms with E-state index in [9.17, 15) is 4.39 Å². The molecule has 0 spiro atoms. The van der Waals surface area contributed by atoms with E-state index in [1.165, 1.54) is 23.3 Å². The van der Waals surface area contributed by atoms with Gasteiger partial charge in [0, 0.05) is 32.5 Å². The summed E-state index contributed by atoms with van der Waals surface area (Å²) >= 11 is 0. The number of aliphatic imine (C=N–C) groups is 1. The highest BCUT2D eigenvalue weighted by molar-refractivity contribution is 5.79. The van der Waals surface area contributed by atoms with Gasteiger partial charge in [0.1, 0.15) is 17.7 Å². The van der Waals surface area contributed by atoms with Crippen molar-refractivity contribution in [2.24, 2.45) is 4.99 Å². The number of hydrogen-bond acceptors (Lipinski definition) is 3. The topological polar surface area (TPSA) is 63.5 Å². The number of halogens is 1. The number of guanidine groups is 1. The van der Waals surface area contributed by atoms with E-state index in [1.54, 1.807) is 25.4 Å². The molecule has 3 rings (SSSR count). The third-order valence-electron chi connectivity index (χ3n) is 4.31. The fourth-order valence-electron chi connectivity index (χ4n) is 2.86. The van der Waals surface area contributed by atoms with Gasteiger partial charge in [0.15, 0.2) is 5.96 Å². The lowest BCUT2D eigenvalue weighted by Gasteiger charge is -2.18. The first kappa shape index (κ1) is 20.4. The van der Waals surface area contributed by atoms with Gasteiger partial charge in [0.2, 0.25) is 0 Å². The van der Waals surface area contributed by atoms with Crippen LogP contribution in [0.2, 0.25) is 0 Å². The lowest BCUT2D eigenvalue weighted by molar-refractivity contribution is 0.223. The van der Waals surface area contributed by atoms with E-state index < -0.39 is 0 Å². The molecular formula is C22H26FN5O. The van der Waals surface area contributed by atoms with Crippen LogP contribution in [0.25, 0.3) is 0 Å². The highest BCUT2D eigenvalue weighted by Gasteiger charge is 2.06. The van der Waals surface area contributed by atoms with Crippen LogP contribution in [-0.2, 0) is 13.1 Å². The SMILES string of the molecule is CN=C(NCc1cccc(Cn2ccnc2)c1)NCC(C)Oc1ccc(F)cc1. The second kappa shape index (κ2) is 10.3. The van der Waals surface area contributed by atoms with Crippen molar-refractivity contribution >= 4 is 5.96 Å². The van der Waals surface area contributed by atoms with Crippen LogP contribution in [0.3, 0.4) is 0 Å². The molecule has 0 aliphatic heterocycles. The number of nitrogens with one attached hydrogen (secondary N) is 2. The van der Waals surface area contributed by atoms with Gasteiger partial charge in [-0.1, -0.05) is 24.3 Å². The molecule has 3 aromatic rings. The third kappa shape index (κ3) is 6.64. The number of hydrogen-bond donors (Lipinski definition) is 2. The summed E-state index contributed by atoms with van der Waals surface area (Å²) in [4.78, 5) is 8.33. The van der Waals surface area contributed by atoms with Crippen LogP contribution in [0.15, 0.2) is 72.2 Å². The summed E-state index contributed by atoms with van der Waals surface area (Å²) < 4.78 is 20.8. The lowest BCUT2D eigenvalue weighted by atomic mass is 10.1. The Kier molecular flexibility index (Phi) is 7.22. The Hall–Kier alpha value is -3.35. The minimum Gasteiger partial charge on any atom is -0.489 e. The first-order chi connectivity index (χ1) is 14.1. The Morgan fingerprint density at radius 1 is 1.17 bits per heavy atom. The van der Waals surface area contributed by atoms with Gasteiger partial charge in [-0.25, -0.2) is 9.37 Å². The normalized spacial score (nSPS) is 12.4. The summed E-state index contributed by atoms with van der Waals surface area (Å²) in [5.41, 5.74) is 2.38. The number of aromatic nitrogens is 2. The molecule has 0 radical (unpaired) electrons. The quantitative estimate of drug-likeness (QED) is 0.454. The zero-order chi connectivity index (χ0) is 20.5. The average Bonchev–Trinajstić information content (AvgIpc) is 3.23. The van der Waals surface area contributed by atoms with Crippen LogP contribution >= 0.6 is 0 Å². The summed E-state index contributed by atoms with van der Waals surface area (Å²) in [5.74, 6) is 1.06. The van der Waals surface area contributed by atoms with E-state index in [2.05, 4.69) is 44.9 Å². The Morgan fingerprint density at radius 3 is 2.69 bits per heavy atom. The Labute approximate surface area is 170 Å². The first-order valence-electron chi connectivity index (χ1n) is 9.52. The van der Waals surface area contributed by atoms with Crippen LogP contribution in [-0.4, -0.2) is 35.2 Å². The molecule has 0 fully saturated rings. The molecule has 2 aromatic carbocycles. The van der Waals surface area contributed by atoms with Gasteiger partial charge in [-0.05, 0) is 42.3 Å². The third-order valence-corrected chi connectivity index (χ3v) is 4.31. The van der Waals surface area contributed by atoms with Gasteiger partial charge >= 0.3 is 0 Å². The standard InChI is InChI=1S/C22H26FN5O/c1-17(29-21-8-6-20(23)7-9-21)13-26-22(24-2)27-14-18-4-3-5-19(12-18)15-28-11-10-25-16-28/h3-12,16-17H,13-15H2,1-2H3,(H2,24,26,27). The van der Waals surface area contributed by atoms with Crippen LogP contribution in [0.5, 0.6) is 5.75 Å². The molecule has 1 aromatic heterocycles. The van der Waals surface area contributed by atoms with Gasteiger partial charge in [0.05, 0.1) is 12.9 Å². The van der Waals surface area contributed by atoms with Gasteiger partial charge in [-0.2, -0.15) is 0 Å². The molecule has 2 N–H and O–H groups in total. The van der Waals surface area contributed by atoms with E-state index in [1.807, 2.05) is 24.0 Å². The van der Waals surface area contributed by atoms with Crippen LogP contribution in [0, 0.1) is 5.82 Å². The molecule has 1 atom stereocenters. The van der Waals surface area contributed by atoms with Crippen molar-refractivity contribution in [2.45, 2.75) is 26.1 Å². The Bertz CT molecular complexity index is 909. The molecule has 0 bridgehead atoms. The zero-order valence-corrected chi connectivity index (χ0v) is 16.7. The van der Waals surface area contributed by atoms with Crippen molar-refractivity contribution < 1.29 is 9.13 Å². The van der Waals surface area contributed by atoms with Crippen molar-refractivity contribution in [3.63, 3.8) is 0 Å². The number of nitrogens with zero attached hydrogens (tertiary/aromatic N) is 3. The lowest BCUT2D eigenvalue weighted by Crippen LogP contribution is -2.41. The number of ether oxygens (including phenoxy) is 1. The van der Waals surface area contributed by atoms with Crippen molar-refractivity contribution in [1.29, 1.82) is 0 Å². The fourth-order valence-corrected chi connectivity index (χ4v) is 2.86. The molecule has 0 saturated carbocycles. The summed E-state index contributed by atoms with van der Waals surface area (Å²) in [7, 11) is 1.73. The average molecular weight is 395 g/mol. The van der Waals surface area contributed by atoms with Crippen molar-refractivity contribution in [2.75, 3.05) is 13.6 Å². The van der Waals surface area contributed by atoms with E-state index >= 15 is 0 Å². The largest absolute Gasteiger partial charge is 0.489 e. The maximum Gasteiger partial charge on any atom is 0.191 e. The highest BCUT2D eigenvalue weighted by atomic mass is 19.1. The van der Waals surface area contributed by atoms with E-state index in [-0.39, 0.29) is 11.9 Å². The molecule has 0 aliphatic carbocycles. The second-order valence-electron chi connectivity index (χ2n) is 6.74. The van der Waals surface area contributed by atoms with Gasteiger partial charge in [-0.15, -0.1) is 0 Å². The predicted molar refractivity (Wildman–Crippen MR) is 112 cm³/mol. The molecule has 6 nitrogen and oxygen atoms in total. The van der Waals surface area contributed by atoms with E-state index in [0.29, 0.717) is 24.8 Å². The number of imidazole rings is 1. The predicted octanol–water partition coefficient (Wildman–Crippen LogP) is 3.20. The molecule has 1 unspecified atom stereocenters. The van der Waals surface area contributed by atoms with Gasteiger partial charge < -0.3 is 19.9 Å². The van der Waals surface area contributed by atoms with Crippen molar-refractivity contribution in [3.8, 4) is 5.75 Å². The molecule has 7 heteroatoms. The molecule has 0 aliphatic rings. The first-order valence-corrected chi connectivity index (χ1v) is 9.52. The molecule has 152 valence electrons. The zero-order valence-electron chi connectivity index (χ0n) is 16.7. The minimum atomic E-state index is -0.276. The van der Waals surface area contributed by atoms with Gasteiger partial charge in [-0.3, -0.25) is 4.99 Å². The smallest absolute Gasteiger partial charge is 0.191 e. The van der Waals surface area contributed by atoms with Crippen molar-refractivity contribution in [1.82, 2.24) is 20.2 Å². The van der Waals surface area contributed by atoms with Crippen LogP contribution < -0.4 is 15.4 Å².